The molecule has 1 fully saturated rings. The second kappa shape index (κ2) is 6.43. The van der Waals surface area contributed by atoms with Crippen LogP contribution < -0.4 is 10.6 Å². The van der Waals surface area contributed by atoms with Crippen LogP contribution in [0, 0.1) is 6.92 Å². The van der Waals surface area contributed by atoms with Crippen molar-refractivity contribution in [1.82, 2.24) is 25.3 Å². The molecule has 1 aromatic rings. The zero-order valence-electron chi connectivity index (χ0n) is 15.1. The van der Waals surface area contributed by atoms with Crippen molar-refractivity contribution in [1.29, 1.82) is 0 Å². The molecule has 0 saturated carbocycles. The number of amides is 4. The molecule has 0 radical (unpaired) electrons. The minimum atomic E-state index is -4.54. The van der Waals surface area contributed by atoms with E-state index in [2.05, 4.69) is 10.4 Å². The Morgan fingerprint density at radius 1 is 1.33 bits per heavy atom. The Morgan fingerprint density at radius 3 is 2.33 bits per heavy atom. The summed E-state index contributed by atoms with van der Waals surface area (Å²) in [6.07, 6.45) is -4.85. The lowest BCUT2D eigenvalue weighted by Gasteiger charge is -2.39. The molecule has 150 valence electrons. The molecule has 2 heterocycles. The smallest absolute Gasteiger partial charge is 0.408 e. The molecule has 0 unspecified atom stereocenters. The summed E-state index contributed by atoms with van der Waals surface area (Å²) in [6, 6.07) is -0.873. The van der Waals surface area contributed by atoms with E-state index in [0.717, 1.165) is 11.1 Å². The Kier molecular flexibility index (Phi) is 4.88. The van der Waals surface area contributed by atoms with Gasteiger partial charge in [-0.2, -0.15) is 18.3 Å². The van der Waals surface area contributed by atoms with Crippen LogP contribution in [0.3, 0.4) is 0 Å². The number of alkyl halides is 3. The van der Waals surface area contributed by atoms with Crippen LogP contribution in [0.15, 0.2) is 6.20 Å². The fourth-order valence-electron chi connectivity index (χ4n) is 2.90. The fraction of sp³-hybridized carbons (Fsp3) is 0.600. The van der Waals surface area contributed by atoms with Gasteiger partial charge < -0.3 is 15.3 Å². The van der Waals surface area contributed by atoms with Crippen LogP contribution in [-0.4, -0.2) is 56.1 Å². The molecule has 27 heavy (non-hydrogen) atoms. The molecule has 1 aliphatic rings. The first kappa shape index (κ1) is 20.5. The molecule has 4 amide bonds. The SMILES string of the molecule is Cc1c([C@]2(CN(C(=O)O)C(C)(C)C)NC(=O)NC2=O)cnn1CC(F)(F)F. The third-order valence-electron chi connectivity index (χ3n) is 4.27. The second-order valence-corrected chi connectivity index (χ2v) is 7.27. The average molecular weight is 391 g/mol. The zero-order chi connectivity index (χ0) is 20.8. The van der Waals surface area contributed by atoms with E-state index < -0.39 is 48.4 Å². The van der Waals surface area contributed by atoms with Crippen LogP contribution in [0.1, 0.15) is 32.0 Å². The van der Waals surface area contributed by atoms with Crippen molar-refractivity contribution in [2.75, 3.05) is 6.54 Å². The number of rotatable bonds is 4. The third kappa shape index (κ3) is 3.98. The summed E-state index contributed by atoms with van der Waals surface area (Å²) < 4.78 is 38.8. The summed E-state index contributed by atoms with van der Waals surface area (Å²) >= 11 is 0. The summed E-state index contributed by atoms with van der Waals surface area (Å²) in [5.41, 5.74) is -2.85. The van der Waals surface area contributed by atoms with Gasteiger partial charge in [0.25, 0.3) is 5.91 Å². The fourth-order valence-corrected chi connectivity index (χ4v) is 2.90. The summed E-state index contributed by atoms with van der Waals surface area (Å²) in [6.45, 7) is 4.19. The van der Waals surface area contributed by atoms with E-state index in [1.54, 1.807) is 20.8 Å². The van der Waals surface area contributed by atoms with Gasteiger partial charge >= 0.3 is 18.3 Å². The van der Waals surface area contributed by atoms with Crippen LogP contribution in [0.5, 0.6) is 0 Å². The number of nitrogens with zero attached hydrogens (tertiary/aromatic N) is 3. The maximum absolute atomic E-state index is 12.7. The molecule has 9 nitrogen and oxygen atoms in total. The van der Waals surface area contributed by atoms with E-state index in [9.17, 15) is 32.7 Å². The van der Waals surface area contributed by atoms with Gasteiger partial charge in [-0.25, -0.2) is 9.59 Å². The Labute approximate surface area is 152 Å². The average Bonchev–Trinajstić information content (AvgIpc) is 2.94. The van der Waals surface area contributed by atoms with Gasteiger partial charge in [0.15, 0.2) is 5.54 Å². The van der Waals surface area contributed by atoms with Crippen molar-refractivity contribution >= 4 is 18.0 Å². The van der Waals surface area contributed by atoms with Crippen molar-refractivity contribution in [2.24, 2.45) is 0 Å². The molecule has 1 aromatic heterocycles. The number of hydrogen-bond donors (Lipinski definition) is 3. The van der Waals surface area contributed by atoms with Gasteiger partial charge in [0, 0.05) is 16.8 Å². The van der Waals surface area contributed by atoms with E-state index in [0.29, 0.717) is 4.68 Å². The van der Waals surface area contributed by atoms with Crippen LogP contribution in [0.4, 0.5) is 22.8 Å². The quantitative estimate of drug-likeness (QED) is 0.674. The largest absolute Gasteiger partial charge is 0.465 e. The normalized spacial score (nSPS) is 20.4. The number of carbonyl (C=O) groups is 3. The van der Waals surface area contributed by atoms with Crippen molar-refractivity contribution in [3.8, 4) is 0 Å². The van der Waals surface area contributed by atoms with Gasteiger partial charge in [0.2, 0.25) is 0 Å². The van der Waals surface area contributed by atoms with Crippen molar-refractivity contribution in [2.45, 2.75) is 51.5 Å². The molecule has 2 rings (SSSR count). The van der Waals surface area contributed by atoms with E-state index in [1.165, 1.54) is 6.92 Å². The minimum absolute atomic E-state index is 0.00870. The van der Waals surface area contributed by atoms with Crippen molar-refractivity contribution in [3.63, 3.8) is 0 Å². The lowest BCUT2D eigenvalue weighted by Crippen LogP contribution is -2.58. The number of nitrogens with one attached hydrogen (secondary N) is 2. The number of urea groups is 1. The molecule has 1 aliphatic heterocycles. The number of aromatic nitrogens is 2. The van der Waals surface area contributed by atoms with E-state index in [1.807, 2.05) is 5.32 Å². The Hall–Kier alpha value is -2.79. The topological polar surface area (TPSA) is 117 Å². The monoisotopic (exact) mass is 391 g/mol. The molecule has 0 bridgehead atoms. The molecule has 1 saturated heterocycles. The number of hydrogen-bond acceptors (Lipinski definition) is 4. The number of carbonyl (C=O) groups excluding carboxylic acids is 2. The first-order valence-electron chi connectivity index (χ1n) is 7.91. The van der Waals surface area contributed by atoms with Gasteiger partial charge in [-0.3, -0.25) is 14.8 Å². The van der Waals surface area contributed by atoms with Crippen LogP contribution in [-0.2, 0) is 16.9 Å². The van der Waals surface area contributed by atoms with Gasteiger partial charge in [-0.15, -0.1) is 0 Å². The van der Waals surface area contributed by atoms with E-state index in [4.69, 9.17) is 0 Å². The van der Waals surface area contributed by atoms with Crippen LogP contribution >= 0.6 is 0 Å². The maximum atomic E-state index is 12.7. The number of carboxylic acid groups (broad SMARTS) is 1. The third-order valence-corrected chi connectivity index (χ3v) is 4.27. The lowest BCUT2D eigenvalue weighted by molar-refractivity contribution is -0.142. The molecule has 0 spiro atoms. The standard InChI is InChI=1S/C15H20F3N5O4/c1-8-9(5-19-23(8)7-15(16,17)18)14(10(24)20-11(25)21-14)6-22(12(26)27)13(2,3)4/h5H,6-7H2,1-4H3,(H,26,27)(H2,20,21,24,25)/t14-/m0/s1. The van der Waals surface area contributed by atoms with Gasteiger partial charge in [0.05, 0.1) is 12.7 Å². The molecule has 3 N–H and O–H groups in total. The van der Waals surface area contributed by atoms with Gasteiger partial charge in [-0.05, 0) is 27.7 Å². The summed E-state index contributed by atoms with van der Waals surface area (Å²) in [7, 11) is 0. The summed E-state index contributed by atoms with van der Waals surface area (Å²) in [5, 5.41) is 17.6. The van der Waals surface area contributed by atoms with E-state index >= 15 is 0 Å². The van der Waals surface area contributed by atoms with Crippen LogP contribution in [0.2, 0.25) is 0 Å². The van der Waals surface area contributed by atoms with Gasteiger partial charge in [-0.1, -0.05) is 0 Å². The number of imide groups is 1. The Bertz CT molecular complexity index is 783. The molecule has 12 heteroatoms. The zero-order valence-corrected chi connectivity index (χ0v) is 15.1. The summed E-state index contributed by atoms with van der Waals surface area (Å²) in [5.74, 6) is -0.863. The molecular formula is C15H20F3N5O4. The lowest BCUT2D eigenvalue weighted by atomic mass is 9.88. The van der Waals surface area contributed by atoms with Crippen molar-refractivity contribution < 1.29 is 32.7 Å². The molecule has 0 aromatic carbocycles. The Balaban J connectivity index is 2.56. The molecule has 0 aliphatic carbocycles. The highest BCUT2D eigenvalue weighted by atomic mass is 19.4. The first-order chi connectivity index (χ1) is 12.2. The molecular weight excluding hydrogens is 371 g/mol. The first-order valence-corrected chi connectivity index (χ1v) is 7.91. The predicted molar refractivity (Wildman–Crippen MR) is 85.9 cm³/mol. The summed E-state index contributed by atoms with van der Waals surface area (Å²) in [4.78, 5) is 37.0. The second-order valence-electron chi connectivity index (χ2n) is 7.27. The number of halogens is 3. The van der Waals surface area contributed by atoms with Crippen molar-refractivity contribution in [3.05, 3.63) is 17.5 Å². The van der Waals surface area contributed by atoms with Crippen LogP contribution in [0.25, 0.3) is 0 Å². The highest BCUT2D eigenvalue weighted by Gasteiger charge is 2.52. The Morgan fingerprint density at radius 2 is 1.93 bits per heavy atom. The van der Waals surface area contributed by atoms with E-state index in [-0.39, 0.29) is 11.3 Å². The minimum Gasteiger partial charge on any atom is -0.465 e. The maximum Gasteiger partial charge on any atom is 0.408 e. The molecule has 1 atom stereocenters. The predicted octanol–water partition coefficient (Wildman–Crippen LogP) is 1.57. The highest BCUT2D eigenvalue weighted by molar-refractivity contribution is 6.07. The highest BCUT2D eigenvalue weighted by Crippen LogP contribution is 2.32. The van der Waals surface area contributed by atoms with Gasteiger partial charge in [0.1, 0.15) is 6.54 Å².